The van der Waals surface area contributed by atoms with Crippen molar-refractivity contribution >= 4 is 0 Å². The SMILES string of the molecule is CCn1nc(C)c(CN2C[C@H]3CCC[C@@H](C3)C2)c1C. The molecule has 0 spiro atoms. The zero-order valence-corrected chi connectivity index (χ0v) is 12.7. The lowest BCUT2D eigenvalue weighted by Gasteiger charge is -2.41. The van der Waals surface area contributed by atoms with Crippen molar-refractivity contribution in [1.82, 2.24) is 14.7 Å². The number of fused-ring (bicyclic) bond motifs is 2. The van der Waals surface area contributed by atoms with Crippen molar-refractivity contribution in [3.05, 3.63) is 17.0 Å². The van der Waals surface area contributed by atoms with Crippen LogP contribution in [0.3, 0.4) is 0 Å². The van der Waals surface area contributed by atoms with Crippen molar-refractivity contribution in [1.29, 1.82) is 0 Å². The second-order valence-corrected chi connectivity index (χ2v) is 6.56. The molecule has 1 aliphatic heterocycles. The Hall–Kier alpha value is -0.830. The number of piperidine rings is 1. The molecule has 0 amide bonds. The summed E-state index contributed by atoms with van der Waals surface area (Å²) in [6.07, 6.45) is 5.87. The lowest BCUT2D eigenvalue weighted by molar-refractivity contribution is 0.0805. The Kier molecular flexibility index (Phi) is 3.66. The van der Waals surface area contributed by atoms with Crippen molar-refractivity contribution in [3.63, 3.8) is 0 Å². The topological polar surface area (TPSA) is 21.1 Å². The molecule has 1 saturated carbocycles. The minimum Gasteiger partial charge on any atom is -0.298 e. The Morgan fingerprint density at radius 3 is 2.42 bits per heavy atom. The fourth-order valence-electron chi connectivity index (χ4n) is 4.16. The largest absolute Gasteiger partial charge is 0.298 e. The summed E-state index contributed by atoms with van der Waals surface area (Å²) in [6, 6.07) is 0. The summed E-state index contributed by atoms with van der Waals surface area (Å²) < 4.78 is 2.15. The Morgan fingerprint density at radius 1 is 1.16 bits per heavy atom. The molecule has 1 aliphatic carbocycles. The molecule has 0 N–H and O–H groups in total. The van der Waals surface area contributed by atoms with Crippen LogP contribution >= 0.6 is 0 Å². The number of aromatic nitrogens is 2. The molecule has 0 unspecified atom stereocenters. The predicted molar refractivity (Wildman–Crippen MR) is 78.1 cm³/mol. The second kappa shape index (κ2) is 5.28. The zero-order valence-electron chi connectivity index (χ0n) is 12.7. The number of likely N-dealkylation sites (tertiary alicyclic amines) is 1. The minimum atomic E-state index is 0.967. The fourth-order valence-corrected chi connectivity index (χ4v) is 4.16. The van der Waals surface area contributed by atoms with Crippen molar-refractivity contribution in [3.8, 4) is 0 Å². The van der Waals surface area contributed by atoms with Gasteiger partial charge in [0.15, 0.2) is 0 Å². The molecule has 1 aromatic rings. The predicted octanol–water partition coefficient (Wildman–Crippen LogP) is 3.14. The monoisotopic (exact) mass is 261 g/mol. The lowest BCUT2D eigenvalue weighted by Crippen LogP contribution is -2.42. The Bertz CT molecular complexity index is 437. The molecule has 3 nitrogen and oxygen atoms in total. The summed E-state index contributed by atoms with van der Waals surface area (Å²) in [5, 5.41) is 4.66. The van der Waals surface area contributed by atoms with Gasteiger partial charge in [0.1, 0.15) is 0 Å². The van der Waals surface area contributed by atoms with E-state index < -0.39 is 0 Å². The summed E-state index contributed by atoms with van der Waals surface area (Å²) in [4.78, 5) is 2.69. The van der Waals surface area contributed by atoms with Gasteiger partial charge in [0.2, 0.25) is 0 Å². The van der Waals surface area contributed by atoms with Crippen LogP contribution in [0.1, 0.15) is 49.6 Å². The van der Waals surface area contributed by atoms with Crippen molar-refractivity contribution in [2.24, 2.45) is 11.8 Å². The van der Waals surface area contributed by atoms with Gasteiger partial charge in [-0.1, -0.05) is 6.42 Å². The molecule has 106 valence electrons. The molecule has 3 rings (SSSR count). The van der Waals surface area contributed by atoms with E-state index in [2.05, 4.69) is 35.5 Å². The average Bonchev–Trinajstić information content (AvgIpc) is 2.66. The smallest absolute Gasteiger partial charge is 0.0641 e. The average molecular weight is 261 g/mol. The highest BCUT2D eigenvalue weighted by atomic mass is 15.3. The standard InChI is InChI=1S/C16H27N3/c1-4-19-13(3)16(12(2)17-19)11-18-9-14-6-5-7-15(8-14)10-18/h14-15H,4-11H2,1-3H3/t14-,15-/m0/s1. The molecule has 3 heteroatoms. The molecule has 2 fully saturated rings. The Morgan fingerprint density at radius 2 is 1.84 bits per heavy atom. The molecule has 2 bridgehead atoms. The number of rotatable bonds is 3. The molecule has 0 aromatic carbocycles. The quantitative estimate of drug-likeness (QED) is 0.833. The third-order valence-corrected chi connectivity index (χ3v) is 5.14. The van der Waals surface area contributed by atoms with Gasteiger partial charge in [0.25, 0.3) is 0 Å². The van der Waals surface area contributed by atoms with E-state index in [4.69, 9.17) is 0 Å². The van der Waals surface area contributed by atoms with Gasteiger partial charge in [-0.15, -0.1) is 0 Å². The third-order valence-electron chi connectivity index (χ3n) is 5.14. The van der Waals surface area contributed by atoms with Crippen LogP contribution in [0.25, 0.3) is 0 Å². The molecule has 2 aliphatic rings. The molecule has 2 atom stereocenters. The van der Waals surface area contributed by atoms with Crippen LogP contribution in [0, 0.1) is 25.7 Å². The van der Waals surface area contributed by atoms with Crippen LogP contribution in [-0.2, 0) is 13.1 Å². The van der Waals surface area contributed by atoms with E-state index in [9.17, 15) is 0 Å². The van der Waals surface area contributed by atoms with Crippen LogP contribution in [0.2, 0.25) is 0 Å². The van der Waals surface area contributed by atoms with E-state index in [1.165, 1.54) is 55.7 Å². The van der Waals surface area contributed by atoms with Gasteiger partial charge in [-0.3, -0.25) is 9.58 Å². The van der Waals surface area contributed by atoms with Crippen LogP contribution in [0.5, 0.6) is 0 Å². The van der Waals surface area contributed by atoms with Crippen LogP contribution in [0.4, 0.5) is 0 Å². The summed E-state index contributed by atoms with van der Waals surface area (Å²) in [7, 11) is 0. The summed E-state index contributed by atoms with van der Waals surface area (Å²) >= 11 is 0. The number of hydrogen-bond acceptors (Lipinski definition) is 2. The van der Waals surface area contributed by atoms with E-state index in [0.717, 1.165) is 24.9 Å². The maximum absolute atomic E-state index is 4.66. The first-order chi connectivity index (χ1) is 9.17. The normalized spacial score (nSPS) is 27.7. The maximum Gasteiger partial charge on any atom is 0.0641 e. The zero-order chi connectivity index (χ0) is 13.4. The first kappa shape index (κ1) is 13.2. The molecular weight excluding hydrogens is 234 g/mol. The second-order valence-electron chi connectivity index (χ2n) is 6.56. The van der Waals surface area contributed by atoms with E-state index in [-0.39, 0.29) is 0 Å². The highest BCUT2D eigenvalue weighted by molar-refractivity contribution is 5.24. The molecule has 1 aromatic heterocycles. The van der Waals surface area contributed by atoms with Crippen molar-refractivity contribution in [2.75, 3.05) is 13.1 Å². The number of hydrogen-bond donors (Lipinski definition) is 0. The van der Waals surface area contributed by atoms with E-state index in [1.54, 1.807) is 0 Å². The molecule has 2 heterocycles. The van der Waals surface area contributed by atoms with E-state index >= 15 is 0 Å². The minimum absolute atomic E-state index is 0.967. The highest BCUT2D eigenvalue weighted by Crippen LogP contribution is 2.35. The summed E-state index contributed by atoms with van der Waals surface area (Å²) in [5.74, 6) is 1.93. The number of aryl methyl sites for hydroxylation is 2. The van der Waals surface area contributed by atoms with Crippen LogP contribution < -0.4 is 0 Å². The molecule has 19 heavy (non-hydrogen) atoms. The van der Waals surface area contributed by atoms with Crippen molar-refractivity contribution in [2.45, 2.75) is 59.5 Å². The van der Waals surface area contributed by atoms with E-state index in [1.807, 2.05) is 0 Å². The third kappa shape index (κ3) is 2.58. The van der Waals surface area contributed by atoms with Gasteiger partial charge in [0.05, 0.1) is 5.69 Å². The Balaban J connectivity index is 1.73. The van der Waals surface area contributed by atoms with Gasteiger partial charge in [0, 0.05) is 37.4 Å². The van der Waals surface area contributed by atoms with Crippen molar-refractivity contribution < 1.29 is 0 Å². The van der Waals surface area contributed by atoms with Gasteiger partial charge >= 0.3 is 0 Å². The van der Waals surface area contributed by atoms with Gasteiger partial charge in [-0.2, -0.15) is 5.10 Å². The van der Waals surface area contributed by atoms with Crippen LogP contribution in [0.15, 0.2) is 0 Å². The molecule has 0 radical (unpaired) electrons. The first-order valence-corrected chi connectivity index (χ1v) is 7.92. The maximum atomic E-state index is 4.66. The molecular formula is C16H27N3. The summed E-state index contributed by atoms with van der Waals surface area (Å²) in [5.41, 5.74) is 4.08. The Labute approximate surface area is 117 Å². The van der Waals surface area contributed by atoms with Crippen LogP contribution in [-0.4, -0.2) is 27.8 Å². The van der Waals surface area contributed by atoms with Gasteiger partial charge < -0.3 is 0 Å². The first-order valence-electron chi connectivity index (χ1n) is 7.92. The summed E-state index contributed by atoms with van der Waals surface area (Å²) in [6.45, 7) is 11.3. The van der Waals surface area contributed by atoms with Gasteiger partial charge in [-0.05, 0) is 51.9 Å². The number of nitrogens with zero attached hydrogens (tertiary/aromatic N) is 3. The highest BCUT2D eigenvalue weighted by Gasteiger charge is 2.30. The van der Waals surface area contributed by atoms with E-state index in [0.29, 0.717) is 0 Å². The lowest BCUT2D eigenvalue weighted by atomic mass is 9.78. The van der Waals surface area contributed by atoms with Gasteiger partial charge in [-0.25, -0.2) is 0 Å². The fraction of sp³-hybridized carbons (Fsp3) is 0.812. The molecule has 1 saturated heterocycles.